The Bertz CT molecular complexity index is 784. The molecular formula is C24H32N2O2. The third-order valence-electron chi connectivity index (χ3n) is 5.50. The fourth-order valence-electron chi connectivity index (χ4n) is 3.80. The number of nitrogens with one attached hydrogen (secondary N) is 1. The van der Waals surface area contributed by atoms with Crippen molar-refractivity contribution in [3.63, 3.8) is 0 Å². The number of hydrogen-bond donors (Lipinski definition) is 1. The molecule has 0 spiro atoms. The van der Waals surface area contributed by atoms with Crippen molar-refractivity contribution < 1.29 is 9.53 Å². The predicted molar refractivity (Wildman–Crippen MR) is 115 cm³/mol. The van der Waals surface area contributed by atoms with Gasteiger partial charge in [0, 0.05) is 6.54 Å². The summed E-state index contributed by atoms with van der Waals surface area (Å²) in [5, 5.41) is 3.03. The van der Waals surface area contributed by atoms with Crippen LogP contribution in [0.3, 0.4) is 0 Å². The van der Waals surface area contributed by atoms with Crippen LogP contribution in [0, 0.1) is 0 Å². The number of aryl methyl sites for hydroxylation is 2. The number of benzene rings is 2. The van der Waals surface area contributed by atoms with Gasteiger partial charge in [0.25, 0.3) is 0 Å². The van der Waals surface area contributed by atoms with Gasteiger partial charge < -0.3 is 15.0 Å². The van der Waals surface area contributed by atoms with Crippen LogP contribution >= 0.6 is 0 Å². The summed E-state index contributed by atoms with van der Waals surface area (Å²) in [6, 6.07) is 14.2. The largest absolute Gasteiger partial charge is 0.490 e. The van der Waals surface area contributed by atoms with Gasteiger partial charge in [-0.15, -0.1) is 0 Å². The fraction of sp³-hybridized carbons (Fsp3) is 0.458. The van der Waals surface area contributed by atoms with Gasteiger partial charge >= 0.3 is 0 Å². The van der Waals surface area contributed by atoms with E-state index < -0.39 is 0 Å². The van der Waals surface area contributed by atoms with Crippen molar-refractivity contribution in [3.05, 3.63) is 59.2 Å². The first-order chi connectivity index (χ1) is 13.7. The monoisotopic (exact) mass is 380 g/mol. The highest BCUT2D eigenvalue weighted by molar-refractivity contribution is 5.93. The lowest BCUT2D eigenvalue weighted by Gasteiger charge is -2.19. The number of amides is 1. The van der Waals surface area contributed by atoms with Gasteiger partial charge in [-0.3, -0.25) is 4.79 Å². The van der Waals surface area contributed by atoms with E-state index in [0.29, 0.717) is 13.0 Å². The molecule has 28 heavy (non-hydrogen) atoms. The van der Waals surface area contributed by atoms with Crippen LogP contribution in [0.2, 0.25) is 0 Å². The zero-order valence-electron chi connectivity index (χ0n) is 17.2. The lowest BCUT2D eigenvalue weighted by Crippen LogP contribution is -2.28. The van der Waals surface area contributed by atoms with E-state index in [4.69, 9.17) is 4.74 Å². The Morgan fingerprint density at radius 1 is 1.04 bits per heavy atom. The Balaban J connectivity index is 1.58. The molecular weight excluding hydrogens is 348 g/mol. The van der Waals surface area contributed by atoms with E-state index in [2.05, 4.69) is 42.3 Å². The summed E-state index contributed by atoms with van der Waals surface area (Å²) in [7, 11) is 0. The second-order valence-electron chi connectivity index (χ2n) is 7.41. The topological polar surface area (TPSA) is 41.6 Å². The Kier molecular flexibility index (Phi) is 7.49. The highest BCUT2D eigenvalue weighted by Gasteiger charge is 2.12. The second kappa shape index (κ2) is 10.3. The summed E-state index contributed by atoms with van der Waals surface area (Å²) in [6.45, 7) is 7.82. The number of nitrogens with zero attached hydrogens (tertiary/aromatic N) is 1. The summed E-state index contributed by atoms with van der Waals surface area (Å²) < 4.78 is 5.94. The Morgan fingerprint density at radius 2 is 1.79 bits per heavy atom. The van der Waals surface area contributed by atoms with Gasteiger partial charge in [0.2, 0.25) is 5.91 Å². The van der Waals surface area contributed by atoms with Crippen LogP contribution in [0.4, 0.5) is 5.69 Å². The van der Waals surface area contributed by atoms with Gasteiger partial charge in [-0.1, -0.05) is 44.2 Å². The number of para-hydroxylation sites is 2. The Labute approximate surface area is 168 Å². The van der Waals surface area contributed by atoms with E-state index in [1.165, 1.54) is 30.4 Å². The molecule has 0 aromatic heterocycles. The molecule has 0 bridgehead atoms. The van der Waals surface area contributed by atoms with Crippen LogP contribution in [-0.4, -0.2) is 37.0 Å². The molecule has 0 heterocycles. The average Bonchev–Trinajstić information content (AvgIpc) is 2.72. The lowest BCUT2D eigenvalue weighted by molar-refractivity contribution is -0.115. The fourth-order valence-corrected chi connectivity index (χ4v) is 3.80. The van der Waals surface area contributed by atoms with Crippen LogP contribution in [0.25, 0.3) is 0 Å². The minimum absolute atomic E-state index is 0.00412. The molecule has 0 saturated carbocycles. The van der Waals surface area contributed by atoms with E-state index in [9.17, 15) is 4.79 Å². The Morgan fingerprint density at radius 3 is 2.57 bits per heavy atom. The van der Waals surface area contributed by atoms with Gasteiger partial charge in [0.05, 0.1) is 12.1 Å². The second-order valence-corrected chi connectivity index (χ2v) is 7.41. The van der Waals surface area contributed by atoms with Gasteiger partial charge in [0.15, 0.2) is 0 Å². The smallest absolute Gasteiger partial charge is 0.228 e. The Hall–Kier alpha value is -2.33. The molecule has 0 aliphatic heterocycles. The van der Waals surface area contributed by atoms with E-state index in [1.807, 2.05) is 24.3 Å². The van der Waals surface area contributed by atoms with Crippen molar-refractivity contribution in [2.24, 2.45) is 0 Å². The van der Waals surface area contributed by atoms with E-state index in [-0.39, 0.29) is 5.91 Å². The number of carbonyl (C=O) groups excluding carboxylic acids is 1. The first kappa shape index (κ1) is 20.4. The number of fused-ring (bicyclic) bond motifs is 1. The minimum Gasteiger partial charge on any atom is -0.490 e. The molecule has 0 unspecified atom stereocenters. The molecule has 4 heteroatoms. The highest BCUT2D eigenvalue weighted by atomic mass is 16.5. The van der Waals surface area contributed by atoms with Crippen LogP contribution < -0.4 is 10.1 Å². The SMILES string of the molecule is CCN(CC)CCOc1ccccc1NC(=O)Cc1ccc2c(c1)CCCC2. The van der Waals surface area contributed by atoms with Crippen LogP contribution in [-0.2, 0) is 24.1 Å². The number of hydrogen-bond acceptors (Lipinski definition) is 3. The number of ether oxygens (including phenoxy) is 1. The summed E-state index contributed by atoms with van der Waals surface area (Å²) >= 11 is 0. The maximum absolute atomic E-state index is 12.6. The molecule has 1 aliphatic rings. The van der Waals surface area contributed by atoms with Gasteiger partial charge in [0.1, 0.15) is 12.4 Å². The molecule has 150 valence electrons. The standard InChI is InChI=1S/C24H32N2O2/c1-3-26(4-2)15-16-28-23-12-8-7-11-22(23)25-24(27)18-19-13-14-20-9-5-6-10-21(20)17-19/h7-8,11-14,17H,3-6,9-10,15-16,18H2,1-2H3,(H,25,27). The summed E-state index contributed by atoms with van der Waals surface area (Å²) in [5.41, 5.74) is 4.68. The summed E-state index contributed by atoms with van der Waals surface area (Å²) in [4.78, 5) is 14.9. The van der Waals surface area contributed by atoms with Crippen molar-refractivity contribution in [1.82, 2.24) is 4.90 Å². The summed E-state index contributed by atoms with van der Waals surface area (Å²) in [5.74, 6) is 0.726. The number of carbonyl (C=O) groups is 1. The molecule has 2 aromatic carbocycles. The zero-order chi connectivity index (χ0) is 19.8. The van der Waals surface area contributed by atoms with Gasteiger partial charge in [-0.2, -0.15) is 0 Å². The third-order valence-corrected chi connectivity index (χ3v) is 5.50. The molecule has 1 N–H and O–H groups in total. The van der Waals surface area contributed by atoms with Crippen molar-refractivity contribution in [1.29, 1.82) is 0 Å². The predicted octanol–water partition coefficient (Wildman–Crippen LogP) is 4.47. The molecule has 1 aliphatic carbocycles. The van der Waals surface area contributed by atoms with Crippen LogP contribution in [0.5, 0.6) is 5.75 Å². The number of likely N-dealkylation sites (N-methyl/N-ethyl adjacent to an activating group) is 1. The van der Waals surface area contributed by atoms with Crippen molar-refractivity contribution in [2.45, 2.75) is 46.0 Å². The zero-order valence-corrected chi connectivity index (χ0v) is 17.2. The molecule has 0 radical (unpaired) electrons. The maximum atomic E-state index is 12.6. The van der Waals surface area contributed by atoms with Gasteiger partial charge in [-0.05, 0) is 67.6 Å². The first-order valence-corrected chi connectivity index (χ1v) is 10.5. The highest BCUT2D eigenvalue weighted by Crippen LogP contribution is 2.25. The van der Waals surface area contributed by atoms with Gasteiger partial charge in [-0.25, -0.2) is 0 Å². The van der Waals surface area contributed by atoms with Crippen LogP contribution in [0.15, 0.2) is 42.5 Å². The molecule has 1 amide bonds. The van der Waals surface area contributed by atoms with Crippen molar-refractivity contribution in [2.75, 3.05) is 31.6 Å². The minimum atomic E-state index is -0.00412. The van der Waals surface area contributed by atoms with Crippen molar-refractivity contribution >= 4 is 11.6 Å². The summed E-state index contributed by atoms with van der Waals surface area (Å²) in [6.07, 6.45) is 5.22. The normalized spacial score (nSPS) is 13.2. The van der Waals surface area contributed by atoms with E-state index >= 15 is 0 Å². The molecule has 0 fully saturated rings. The molecule has 0 saturated heterocycles. The van der Waals surface area contributed by atoms with E-state index in [0.717, 1.165) is 43.1 Å². The van der Waals surface area contributed by atoms with E-state index in [1.54, 1.807) is 0 Å². The number of anilines is 1. The van der Waals surface area contributed by atoms with Crippen LogP contribution in [0.1, 0.15) is 43.4 Å². The third kappa shape index (κ3) is 5.59. The maximum Gasteiger partial charge on any atom is 0.228 e. The molecule has 0 atom stereocenters. The molecule has 3 rings (SSSR count). The molecule has 2 aromatic rings. The molecule has 4 nitrogen and oxygen atoms in total. The van der Waals surface area contributed by atoms with Crippen molar-refractivity contribution in [3.8, 4) is 5.75 Å². The average molecular weight is 381 g/mol. The first-order valence-electron chi connectivity index (χ1n) is 10.5. The quantitative estimate of drug-likeness (QED) is 0.698. The number of rotatable bonds is 9. The lowest BCUT2D eigenvalue weighted by atomic mass is 9.90.